The fourth-order valence-corrected chi connectivity index (χ4v) is 7.69. The molecule has 4 fully saturated rings. The minimum Gasteiger partial charge on any atom is -0.467 e. The Kier molecular flexibility index (Phi) is 6.38. The van der Waals surface area contributed by atoms with Gasteiger partial charge in [0.15, 0.2) is 0 Å². The summed E-state index contributed by atoms with van der Waals surface area (Å²) in [5.41, 5.74) is -1.32. The Labute approximate surface area is 198 Å². The van der Waals surface area contributed by atoms with Crippen LogP contribution >= 0.6 is 0 Å². The van der Waals surface area contributed by atoms with Crippen molar-refractivity contribution in [2.45, 2.75) is 118 Å². The molecule has 0 aromatic heterocycles. The topological polar surface area (TPSA) is 82.1 Å². The fraction of sp³-hybridized carbons (Fsp3) is 0.885. The summed E-state index contributed by atoms with van der Waals surface area (Å²) < 4.78 is 16.2. The highest BCUT2D eigenvalue weighted by Crippen LogP contribution is 2.70. The summed E-state index contributed by atoms with van der Waals surface area (Å²) in [4.78, 5) is 40.5. The molecule has 0 saturated heterocycles. The second-order valence-corrected chi connectivity index (χ2v) is 13.7. The third-order valence-electron chi connectivity index (χ3n) is 7.33. The van der Waals surface area contributed by atoms with E-state index in [0.717, 1.165) is 24.2 Å². The standard InChI is InChI=1S/C26H43NO6/c1-22(2,3)32-20(29)27(21(30)33-23(4,5)6)18(19(28)31-9)13-26-12-17-10-24(7,15-26)14-25(8,11-17)16-26/h17-18H,10-16H2,1-9H3. The molecular formula is C26H43NO6. The molecule has 0 spiro atoms. The Hall–Kier alpha value is -1.79. The zero-order valence-corrected chi connectivity index (χ0v) is 22.0. The monoisotopic (exact) mass is 465 g/mol. The summed E-state index contributed by atoms with van der Waals surface area (Å²) in [7, 11) is 1.29. The van der Waals surface area contributed by atoms with E-state index in [0.29, 0.717) is 12.3 Å². The maximum atomic E-state index is 13.3. The molecule has 33 heavy (non-hydrogen) atoms. The molecule has 0 aromatic carbocycles. The highest BCUT2D eigenvalue weighted by Gasteiger charge is 2.61. The smallest absolute Gasteiger partial charge is 0.420 e. The number of hydrogen-bond acceptors (Lipinski definition) is 6. The lowest BCUT2D eigenvalue weighted by molar-refractivity contribution is -0.165. The van der Waals surface area contributed by atoms with Gasteiger partial charge in [-0.1, -0.05) is 13.8 Å². The zero-order chi connectivity index (χ0) is 25.0. The van der Waals surface area contributed by atoms with Crippen LogP contribution < -0.4 is 0 Å². The Morgan fingerprint density at radius 1 is 0.848 bits per heavy atom. The minimum atomic E-state index is -1.09. The second kappa shape index (κ2) is 8.16. The van der Waals surface area contributed by atoms with Gasteiger partial charge in [-0.05, 0) is 109 Å². The van der Waals surface area contributed by atoms with E-state index in [1.54, 1.807) is 41.5 Å². The van der Waals surface area contributed by atoms with Crippen LogP contribution in [0.1, 0.15) is 100 Å². The molecule has 0 radical (unpaired) electrons. The van der Waals surface area contributed by atoms with Gasteiger partial charge in [-0.2, -0.15) is 4.90 Å². The van der Waals surface area contributed by atoms with E-state index < -0.39 is 35.4 Å². The second-order valence-electron chi connectivity index (χ2n) is 13.7. The first-order valence-electron chi connectivity index (χ1n) is 12.2. The van der Waals surface area contributed by atoms with Crippen LogP contribution in [-0.4, -0.2) is 47.4 Å². The van der Waals surface area contributed by atoms with E-state index in [4.69, 9.17) is 14.2 Å². The van der Waals surface area contributed by atoms with E-state index in [9.17, 15) is 14.4 Å². The number of rotatable bonds is 4. The van der Waals surface area contributed by atoms with Gasteiger partial charge in [0.2, 0.25) is 0 Å². The summed E-state index contributed by atoms with van der Waals surface area (Å²) in [6.07, 6.45) is 5.25. The van der Waals surface area contributed by atoms with Crippen molar-refractivity contribution in [3.63, 3.8) is 0 Å². The van der Waals surface area contributed by atoms with E-state index in [1.165, 1.54) is 26.4 Å². The van der Waals surface area contributed by atoms with Crippen LogP contribution in [0.3, 0.4) is 0 Å². The molecule has 7 heteroatoms. The third-order valence-corrected chi connectivity index (χ3v) is 7.33. The molecule has 2 amide bonds. The van der Waals surface area contributed by atoms with Gasteiger partial charge in [-0.3, -0.25) is 0 Å². The van der Waals surface area contributed by atoms with Gasteiger partial charge in [-0.15, -0.1) is 0 Å². The van der Waals surface area contributed by atoms with Crippen LogP contribution in [0.5, 0.6) is 0 Å². The Balaban J connectivity index is 1.98. The average Bonchev–Trinajstić information content (AvgIpc) is 2.53. The number of amides is 2. The van der Waals surface area contributed by atoms with Crippen LogP contribution in [0.2, 0.25) is 0 Å². The number of imide groups is 1. The van der Waals surface area contributed by atoms with Crippen molar-refractivity contribution in [1.29, 1.82) is 0 Å². The summed E-state index contributed by atoms with van der Waals surface area (Å²) in [6, 6.07) is -1.09. The first-order chi connectivity index (χ1) is 14.9. The number of nitrogens with zero attached hydrogens (tertiary/aromatic N) is 1. The quantitative estimate of drug-likeness (QED) is 0.369. The van der Waals surface area contributed by atoms with Crippen molar-refractivity contribution in [3.05, 3.63) is 0 Å². The molecule has 4 aliphatic rings. The van der Waals surface area contributed by atoms with Crippen LogP contribution in [0, 0.1) is 22.2 Å². The van der Waals surface area contributed by atoms with Gasteiger partial charge in [0.25, 0.3) is 0 Å². The zero-order valence-electron chi connectivity index (χ0n) is 22.0. The Bertz CT molecular complexity index is 761. The summed E-state index contributed by atoms with van der Waals surface area (Å²) in [5.74, 6) is 0.00354. The van der Waals surface area contributed by atoms with Gasteiger partial charge in [0.05, 0.1) is 7.11 Å². The summed E-state index contributed by atoms with van der Waals surface area (Å²) >= 11 is 0. The summed E-state index contributed by atoms with van der Waals surface area (Å²) in [6.45, 7) is 15.1. The average molecular weight is 466 g/mol. The Morgan fingerprint density at radius 2 is 1.30 bits per heavy atom. The number of carbonyl (C=O) groups excluding carboxylic acids is 3. The number of ether oxygens (including phenoxy) is 3. The van der Waals surface area contributed by atoms with Crippen molar-refractivity contribution in [2.75, 3.05) is 7.11 Å². The lowest BCUT2D eigenvalue weighted by Gasteiger charge is -2.66. The van der Waals surface area contributed by atoms with Gasteiger partial charge in [0, 0.05) is 0 Å². The molecule has 0 N–H and O–H groups in total. The molecule has 4 rings (SSSR count). The first kappa shape index (κ1) is 25.8. The van der Waals surface area contributed by atoms with Gasteiger partial charge in [-0.25, -0.2) is 14.4 Å². The first-order valence-corrected chi connectivity index (χ1v) is 12.2. The molecule has 0 aromatic rings. The van der Waals surface area contributed by atoms with E-state index in [1.807, 2.05) is 0 Å². The summed E-state index contributed by atoms with van der Waals surface area (Å²) in [5, 5.41) is 0. The molecule has 0 aliphatic heterocycles. The third kappa shape index (κ3) is 5.83. The van der Waals surface area contributed by atoms with Crippen LogP contribution in [0.25, 0.3) is 0 Å². The number of esters is 1. The van der Waals surface area contributed by atoms with Crippen molar-refractivity contribution in [3.8, 4) is 0 Å². The number of hydrogen-bond donors (Lipinski definition) is 0. The highest BCUT2D eigenvalue weighted by molar-refractivity contribution is 5.94. The van der Waals surface area contributed by atoms with E-state index >= 15 is 0 Å². The molecule has 188 valence electrons. The number of methoxy groups -OCH3 is 1. The predicted molar refractivity (Wildman–Crippen MR) is 125 cm³/mol. The fourth-order valence-electron chi connectivity index (χ4n) is 7.69. The van der Waals surface area contributed by atoms with Crippen LogP contribution in [-0.2, 0) is 19.0 Å². The number of carbonyl (C=O) groups is 3. The van der Waals surface area contributed by atoms with E-state index in [2.05, 4.69) is 13.8 Å². The van der Waals surface area contributed by atoms with Gasteiger partial charge in [0.1, 0.15) is 17.2 Å². The Morgan fingerprint density at radius 3 is 1.67 bits per heavy atom. The van der Waals surface area contributed by atoms with Gasteiger partial charge < -0.3 is 14.2 Å². The molecule has 4 saturated carbocycles. The molecule has 3 atom stereocenters. The maximum Gasteiger partial charge on any atom is 0.420 e. The molecule has 4 bridgehead atoms. The SMILES string of the molecule is COC(=O)C(CC12CC3CC(C)(CC(C)(C3)C1)C2)N(C(=O)OC(C)(C)C)C(=O)OC(C)(C)C. The lowest BCUT2D eigenvalue weighted by Crippen LogP contribution is -2.59. The van der Waals surface area contributed by atoms with Crippen molar-refractivity contribution < 1.29 is 28.6 Å². The van der Waals surface area contributed by atoms with Crippen LogP contribution in [0.15, 0.2) is 0 Å². The van der Waals surface area contributed by atoms with Crippen LogP contribution in [0.4, 0.5) is 9.59 Å². The lowest BCUT2D eigenvalue weighted by atomic mass is 9.39. The molecule has 3 unspecified atom stereocenters. The normalized spacial score (nSPS) is 33.9. The van der Waals surface area contributed by atoms with Crippen molar-refractivity contribution >= 4 is 18.2 Å². The molecular weight excluding hydrogens is 422 g/mol. The van der Waals surface area contributed by atoms with Crippen molar-refractivity contribution in [2.24, 2.45) is 22.2 Å². The van der Waals surface area contributed by atoms with Crippen molar-refractivity contribution in [1.82, 2.24) is 4.90 Å². The molecule has 0 heterocycles. The maximum absolute atomic E-state index is 13.3. The predicted octanol–water partition coefficient (Wildman–Crippen LogP) is 6.09. The highest BCUT2D eigenvalue weighted by atomic mass is 16.6. The van der Waals surface area contributed by atoms with E-state index in [-0.39, 0.29) is 16.2 Å². The molecule has 7 nitrogen and oxygen atoms in total. The largest absolute Gasteiger partial charge is 0.467 e. The minimum absolute atomic E-state index is 0.121. The van der Waals surface area contributed by atoms with Gasteiger partial charge >= 0.3 is 18.2 Å². The molecule has 4 aliphatic carbocycles.